The molecular weight excluding hydrogens is 534 g/mol. The number of para-hydroxylation sites is 1. The number of carbonyl (C=O) groups is 3. The first kappa shape index (κ1) is 27.8. The summed E-state index contributed by atoms with van der Waals surface area (Å²) in [5, 5.41) is 10.4. The maximum atomic E-state index is 14.6. The number of thioether (sulfide) groups is 1. The smallest absolute Gasteiger partial charge is 0.247 e. The number of nitrogens with zero attached hydrogens (tertiary/aromatic N) is 3. The number of benzene rings is 2. The lowest BCUT2D eigenvalue weighted by atomic mass is 9.78. The number of fused-ring (bicyclic) bond motifs is 2. The fourth-order valence-corrected chi connectivity index (χ4v) is 9.07. The van der Waals surface area contributed by atoms with E-state index in [1.54, 1.807) is 21.6 Å². The van der Waals surface area contributed by atoms with E-state index in [9.17, 15) is 19.5 Å². The van der Waals surface area contributed by atoms with Gasteiger partial charge in [-0.15, -0.1) is 11.8 Å². The molecule has 2 aromatic rings. The van der Waals surface area contributed by atoms with Crippen molar-refractivity contribution in [3.63, 3.8) is 0 Å². The van der Waals surface area contributed by atoms with Gasteiger partial charge < -0.3 is 19.8 Å². The third kappa shape index (κ3) is 4.52. The number of carbonyl (C=O) groups excluding carboxylic acids is 3. The fourth-order valence-electron chi connectivity index (χ4n) is 7.08. The van der Waals surface area contributed by atoms with E-state index in [2.05, 4.69) is 6.08 Å². The van der Waals surface area contributed by atoms with Crippen molar-refractivity contribution in [3.05, 3.63) is 90.5 Å². The van der Waals surface area contributed by atoms with Crippen LogP contribution in [0.1, 0.15) is 25.8 Å². The minimum atomic E-state index is -0.907. The van der Waals surface area contributed by atoms with Crippen molar-refractivity contribution in [2.24, 2.45) is 17.8 Å². The highest BCUT2D eigenvalue weighted by Gasteiger charge is 2.72. The lowest BCUT2D eigenvalue weighted by Gasteiger charge is -2.40. The fraction of sp³-hybridized carbons (Fsp3) is 0.424. The number of aliphatic hydroxyl groups is 1. The maximum absolute atomic E-state index is 14.6. The van der Waals surface area contributed by atoms with E-state index in [1.165, 1.54) is 0 Å². The van der Waals surface area contributed by atoms with Crippen LogP contribution in [-0.2, 0) is 20.9 Å². The topological polar surface area (TPSA) is 81.2 Å². The zero-order valence-corrected chi connectivity index (χ0v) is 24.3. The summed E-state index contributed by atoms with van der Waals surface area (Å²) in [7, 11) is 0. The van der Waals surface area contributed by atoms with Crippen molar-refractivity contribution in [1.82, 2.24) is 9.80 Å². The van der Waals surface area contributed by atoms with Gasteiger partial charge >= 0.3 is 0 Å². The molecule has 1 spiro atoms. The molecule has 1 unspecified atom stereocenters. The van der Waals surface area contributed by atoms with Gasteiger partial charge in [-0.1, -0.05) is 93.1 Å². The van der Waals surface area contributed by atoms with Crippen molar-refractivity contribution in [2.75, 3.05) is 24.6 Å². The second kappa shape index (κ2) is 11.1. The van der Waals surface area contributed by atoms with Crippen LogP contribution in [0, 0.1) is 17.8 Å². The van der Waals surface area contributed by atoms with Crippen LogP contribution in [-0.4, -0.2) is 74.4 Å². The maximum Gasteiger partial charge on any atom is 0.247 e. The highest BCUT2D eigenvalue weighted by atomic mass is 32.2. The molecule has 6 rings (SSSR count). The summed E-state index contributed by atoms with van der Waals surface area (Å²) < 4.78 is -0.907. The lowest BCUT2D eigenvalue weighted by Crippen LogP contribution is -2.57. The largest absolute Gasteiger partial charge is 0.394 e. The molecule has 4 aliphatic rings. The zero-order chi connectivity index (χ0) is 28.7. The molecule has 2 fully saturated rings. The van der Waals surface area contributed by atoms with E-state index in [4.69, 9.17) is 0 Å². The first-order valence-electron chi connectivity index (χ1n) is 14.6. The van der Waals surface area contributed by atoms with Gasteiger partial charge in [-0.25, -0.2) is 0 Å². The molecule has 0 bridgehead atoms. The van der Waals surface area contributed by atoms with Crippen molar-refractivity contribution in [1.29, 1.82) is 0 Å². The Morgan fingerprint density at radius 1 is 0.951 bits per heavy atom. The number of aliphatic hydroxyl groups excluding tert-OH is 1. The summed E-state index contributed by atoms with van der Waals surface area (Å²) in [5.74, 6) is -1.77. The van der Waals surface area contributed by atoms with E-state index >= 15 is 0 Å². The van der Waals surface area contributed by atoms with Crippen LogP contribution < -0.4 is 4.90 Å². The van der Waals surface area contributed by atoms with Gasteiger partial charge in [0.05, 0.1) is 29.2 Å². The van der Waals surface area contributed by atoms with Crippen LogP contribution in [0.3, 0.4) is 0 Å². The van der Waals surface area contributed by atoms with Crippen molar-refractivity contribution in [3.8, 4) is 0 Å². The Balaban J connectivity index is 1.45. The normalized spacial score (nSPS) is 30.5. The Morgan fingerprint density at radius 3 is 2.34 bits per heavy atom. The summed E-state index contributed by atoms with van der Waals surface area (Å²) >= 11 is 1.58. The van der Waals surface area contributed by atoms with Gasteiger partial charge in [-0.05, 0) is 23.6 Å². The van der Waals surface area contributed by atoms with Crippen LogP contribution >= 0.6 is 11.8 Å². The van der Waals surface area contributed by atoms with Crippen LogP contribution in [0.5, 0.6) is 0 Å². The average molecular weight is 572 g/mol. The van der Waals surface area contributed by atoms with E-state index in [0.29, 0.717) is 19.6 Å². The number of rotatable bonds is 7. The predicted molar refractivity (Wildman–Crippen MR) is 161 cm³/mol. The lowest BCUT2D eigenvalue weighted by molar-refractivity contribution is -0.147. The molecule has 4 aliphatic heterocycles. The van der Waals surface area contributed by atoms with Gasteiger partial charge in [-0.2, -0.15) is 0 Å². The number of hydrogen-bond donors (Lipinski definition) is 1. The van der Waals surface area contributed by atoms with Gasteiger partial charge in [0, 0.05) is 30.6 Å². The molecule has 0 aliphatic carbocycles. The first-order chi connectivity index (χ1) is 19.9. The Bertz CT molecular complexity index is 1370. The minimum absolute atomic E-state index is 0.0197. The number of anilines is 1. The Labute approximate surface area is 245 Å². The van der Waals surface area contributed by atoms with Crippen LogP contribution in [0.2, 0.25) is 0 Å². The van der Waals surface area contributed by atoms with E-state index < -0.39 is 28.7 Å². The Kier molecular flexibility index (Phi) is 7.55. The Hall–Kier alpha value is -3.36. The number of likely N-dealkylation sites (tertiary alicyclic amines) is 1. The van der Waals surface area contributed by atoms with E-state index in [0.717, 1.165) is 17.7 Å². The third-order valence-electron chi connectivity index (χ3n) is 9.31. The highest BCUT2D eigenvalue weighted by molar-refractivity contribution is 8.02. The second-order valence-corrected chi connectivity index (χ2v) is 13.0. The molecule has 0 radical (unpaired) electrons. The number of hydrogen-bond acceptors (Lipinski definition) is 5. The highest BCUT2D eigenvalue weighted by Crippen LogP contribution is 2.61. The molecule has 214 valence electrons. The molecule has 8 heteroatoms. The van der Waals surface area contributed by atoms with Crippen LogP contribution in [0.15, 0.2) is 85.0 Å². The minimum Gasteiger partial charge on any atom is -0.394 e. The summed E-state index contributed by atoms with van der Waals surface area (Å²) in [6, 6.07) is 18.1. The quantitative estimate of drug-likeness (QED) is 0.510. The summed E-state index contributed by atoms with van der Waals surface area (Å²) in [4.78, 5) is 48.8. The van der Waals surface area contributed by atoms with Gasteiger partial charge in [0.25, 0.3) is 0 Å². The third-order valence-corrected chi connectivity index (χ3v) is 11.1. The molecule has 0 aromatic heterocycles. The van der Waals surface area contributed by atoms with Gasteiger partial charge in [0.1, 0.15) is 6.04 Å². The number of amides is 3. The molecule has 0 saturated carbocycles. The molecule has 1 N–H and O–H groups in total. The van der Waals surface area contributed by atoms with Crippen LogP contribution in [0.4, 0.5) is 5.69 Å². The molecule has 2 saturated heterocycles. The van der Waals surface area contributed by atoms with Gasteiger partial charge in [0.2, 0.25) is 17.7 Å². The van der Waals surface area contributed by atoms with Crippen molar-refractivity contribution < 1.29 is 19.5 Å². The molecular formula is C33H37N3O4S. The average Bonchev–Trinajstić information content (AvgIpc) is 3.31. The first-order valence-corrected chi connectivity index (χ1v) is 15.4. The molecule has 2 aromatic carbocycles. The van der Waals surface area contributed by atoms with E-state index in [-0.39, 0.29) is 35.5 Å². The van der Waals surface area contributed by atoms with Gasteiger partial charge in [0.15, 0.2) is 0 Å². The molecule has 7 nitrogen and oxygen atoms in total. The van der Waals surface area contributed by atoms with Gasteiger partial charge in [-0.3, -0.25) is 14.4 Å². The summed E-state index contributed by atoms with van der Waals surface area (Å²) in [5.41, 5.74) is 1.81. The predicted octanol–water partition coefficient (Wildman–Crippen LogP) is 3.89. The Morgan fingerprint density at radius 2 is 1.66 bits per heavy atom. The summed E-state index contributed by atoms with van der Waals surface area (Å²) in [6.07, 6.45) is 8.86. The molecule has 3 amide bonds. The molecule has 7 atom stereocenters. The molecule has 4 heterocycles. The van der Waals surface area contributed by atoms with E-state index in [1.807, 2.05) is 97.6 Å². The second-order valence-electron chi connectivity index (χ2n) is 11.5. The summed E-state index contributed by atoms with van der Waals surface area (Å²) in [6.45, 7) is 5.09. The SMILES string of the molecule is CC[C@H](C)[C@H](CO)N1C(=O)[C@@H]2[C@@H]3C(=O)N(c4ccccc4)CC=C[C@@H]3S[C@@]23C=CCN(Cc2ccccc2)C(=O)C13. The molecule has 41 heavy (non-hydrogen) atoms. The standard InChI is InChI=1S/C33H37N3O4S/c1-3-22(2)25(21-37)36-29-32(40)34(20-23-12-6-4-7-13-23)18-11-17-33(29)28(31(36)39)27-26(41-33)16-10-19-35(30(27)38)24-14-8-5-9-15-24/h4-17,22,25-29,37H,3,18-21H2,1-2H3/t22-,25-,26-,27+,28-,29?,33-/m0/s1. The zero-order valence-electron chi connectivity index (χ0n) is 23.5. The van der Waals surface area contributed by atoms with Crippen molar-refractivity contribution >= 4 is 35.2 Å². The van der Waals surface area contributed by atoms with Crippen molar-refractivity contribution in [2.45, 2.75) is 48.9 Å². The van der Waals surface area contributed by atoms with Crippen LogP contribution in [0.25, 0.3) is 0 Å². The monoisotopic (exact) mass is 571 g/mol.